The maximum absolute atomic E-state index is 10.2. The van der Waals surface area contributed by atoms with Crippen molar-refractivity contribution in [3.63, 3.8) is 0 Å². The number of aromatic hydroxyl groups is 1. The number of fused-ring (bicyclic) bond motifs is 2. The molecule has 1 aliphatic heterocycles. The number of aromatic nitrogens is 2. The van der Waals surface area contributed by atoms with Crippen molar-refractivity contribution < 1.29 is 14.9 Å². The van der Waals surface area contributed by atoms with Crippen molar-refractivity contribution >= 4 is 21.7 Å². The first-order valence-corrected chi connectivity index (χ1v) is 11.1. The summed E-state index contributed by atoms with van der Waals surface area (Å²) in [6.45, 7) is 4.21. The normalized spacial score (nSPS) is 15.8. The number of rotatable bonds is 7. The molecule has 4 aromatic rings. The summed E-state index contributed by atoms with van der Waals surface area (Å²) in [5.41, 5.74) is 2.99. The van der Waals surface area contributed by atoms with Crippen molar-refractivity contribution in [2.24, 2.45) is 5.92 Å². The lowest BCUT2D eigenvalue weighted by Crippen LogP contribution is -2.35. The molecule has 0 bridgehead atoms. The molecule has 162 valence electrons. The first-order valence-electron chi connectivity index (χ1n) is 11.1. The second kappa shape index (κ2) is 8.65. The third-order valence-electron chi connectivity index (χ3n) is 6.43. The largest absolute Gasteiger partial charge is 0.494 e. The molecule has 0 radical (unpaired) electrons. The summed E-state index contributed by atoms with van der Waals surface area (Å²) in [6, 6.07) is 14.2. The molecular weight excluding hydrogens is 390 g/mol. The molecule has 31 heavy (non-hydrogen) atoms. The lowest BCUT2D eigenvalue weighted by atomic mass is 9.98. The Morgan fingerprint density at radius 1 is 1.06 bits per heavy atom. The average molecular weight is 420 g/mol. The number of H-pyrrole nitrogens is 2. The fourth-order valence-electron chi connectivity index (χ4n) is 4.61. The van der Waals surface area contributed by atoms with E-state index in [1.54, 1.807) is 0 Å². The van der Waals surface area contributed by atoms with Gasteiger partial charge in [-0.25, -0.2) is 0 Å². The predicted octanol–water partition coefficient (Wildman–Crippen LogP) is 4.50. The van der Waals surface area contributed by atoms with Gasteiger partial charge in [-0.3, -0.25) is 0 Å². The van der Waals surface area contributed by atoms with Crippen LogP contribution in [-0.4, -0.2) is 57.9 Å². The van der Waals surface area contributed by atoms with Crippen molar-refractivity contribution in [3.8, 4) is 22.9 Å². The zero-order valence-corrected chi connectivity index (χ0v) is 17.6. The molecule has 6 heteroatoms. The van der Waals surface area contributed by atoms with Gasteiger partial charge in [0, 0.05) is 46.9 Å². The summed E-state index contributed by atoms with van der Waals surface area (Å²) >= 11 is 0. The number of likely N-dealkylation sites (tertiary alicyclic amines) is 1. The third kappa shape index (κ3) is 4.13. The number of hydrogen-bond acceptors (Lipinski definition) is 4. The van der Waals surface area contributed by atoms with E-state index >= 15 is 0 Å². The van der Waals surface area contributed by atoms with Crippen LogP contribution >= 0.6 is 0 Å². The molecule has 0 amide bonds. The first-order chi connectivity index (χ1) is 15.2. The number of ether oxygens (including phenoxy) is 1. The zero-order valence-electron chi connectivity index (χ0n) is 17.6. The van der Waals surface area contributed by atoms with E-state index in [-0.39, 0.29) is 5.88 Å². The minimum Gasteiger partial charge on any atom is -0.494 e. The van der Waals surface area contributed by atoms with Crippen LogP contribution in [0.5, 0.6) is 11.6 Å². The molecule has 0 atom stereocenters. The van der Waals surface area contributed by atoms with Crippen LogP contribution in [0.3, 0.4) is 0 Å². The van der Waals surface area contributed by atoms with Gasteiger partial charge in [0.15, 0.2) is 5.88 Å². The minimum atomic E-state index is 0.189. The van der Waals surface area contributed by atoms with Crippen LogP contribution in [0.25, 0.3) is 32.9 Å². The Balaban J connectivity index is 1.23. The van der Waals surface area contributed by atoms with E-state index in [0.29, 0.717) is 19.1 Å². The molecule has 0 unspecified atom stereocenters. The fraction of sp³-hybridized carbons (Fsp3) is 0.360. The van der Waals surface area contributed by atoms with E-state index in [4.69, 9.17) is 4.74 Å². The lowest BCUT2D eigenvalue weighted by molar-refractivity contribution is 0.126. The quantitative estimate of drug-likeness (QED) is 0.333. The minimum absolute atomic E-state index is 0.189. The summed E-state index contributed by atoms with van der Waals surface area (Å²) < 4.78 is 6.01. The molecule has 3 heterocycles. The molecular formula is C25H29N3O3. The van der Waals surface area contributed by atoms with Gasteiger partial charge in [-0.15, -0.1) is 0 Å². The van der Waals surface area contributed by atoms with Crippen LogP contribution < -0.4 is 4.74 Å². The van der Waals surface area contributed by atoms with Gasteiger partial charge in [-0.2, -0.15) is 0 Å². The average Bonchev–Trinajstić information content (AvgIpc) is 3.40. The molecule has 1 saturated heterocycles. The SMILES string of the molecule is OCC1CCN(CCCOc2ccc3[nH]c(-c4cccc5c[nH]c(O)c45)cc3c2)CC1. The number of benzene rings is 2. The predicted molar refractivity (Wildman–Crippen MR) is 124 cm³/mol. The Bertz CT molecular complexity index is 1170. The summed E-state index contributed by atoms with van der Waals surface area (Å²) in [5.74, 6) is 1.55. The van der Waals surface area contributed by atoms with Crippen molar-refractivity contribution in [2.45, 2.75) is 19.3 Å². The van der Waals surface area contributed by atoms with Gasteiger partial charge >= 0.3 is 0 Å². The maximum Gasteiger partial charge on any atom is 0.197 e. The van der Waals surface area contributed by atoms with E-state index in [9.17, 15) is 10.2 Å². The Labute approximate surface area is 181 Å². The number of aromatic amines is 2. The second-order valence-electron chi connectivity index (χ2n) is 8.51. The standard InChI is InChI=1S/C25H29N3O3/c29-16-17-7-10-28(11-8-17)9-2-12-31-20-5-6-22-19(13-20)14-23(27-22)21-4-1-3-18-15-26-25(30)24(18)21/h1,3-6,13-15,17,26-27,29-30H,2,7-12,16H2. The molecule has 2 aromatic heterocycles. The number of nitrogens with one attached hydrogen (secondary N) is 2. The third-order valence-corrected chi connectivity index (χ3v) is 6.43. The van der Waals surface area contributed by atoms with Crippen LogP contribution in [0.15, 0.2) is 48.7 Å². The van der Waals surface area contributed by atoms with Gasteiger partial charge in [0.05, 0.1) is 12.0 Å². The zero-order chi connectivity index (χ0) is 21.2. The van der Waals surface area contributed by atoms with Gasteiger partial charge in [0.1, 0.15) is 5.75 Å². The summed E-state index contributed by atoms with van der Waals surface area (Å²) in [6.07, 6.45) is 5.00. The summed E-state index contributed by atoms with van der Waals surface area (Å²) in [5, 5.41) is 22.4. The van der Waals surface area contributed by atoms with Crippen molar-refractivity contribution in [1.82, 2.24) is 14.9 Å². The second-order valence-corrected chi connectivity index (χ2v) is 8.51. The Morgan fingerprint density at radius 2 is 1.94 bits per heavy atom. The number of hydrogen-bond donors (Lipinski definition) is 4. The van der Waals surface area contributed by atoms with Gasteiger partial charge in [0.25, 0.3) is 0 Å². The fourth-order valence-corrected chi connectivity index (χ4v) is 4.61. The van der Waals surface area contributed by atoms with E-state index in [0.717, 1.165) is 77.6 Å². The van der Waals surface area contributed by atoms with Crippen LogP contribution in [0.1, 0.15) is 19.3 Å². The van der Waals surface area contributed by atoms with E-state index in [1.807, 2.05) is 36.5 Å². The number of aliphatic hydroxyl groups is 1. The van der Waals surface area contributed by atoms with Crippen molar-refractivity contribution in [3.05, 3.63) is 48.7 Å². The molecule has 2 aromatic carbocycles. The van der Waals surface area contributed by atoms with E-state index < -0.39 is 0 Å². The Hall–Kier alpha value is -2.96. The monoisotopic (exact) mass is 419 g/mol. The van der Waals surface area contributed by atoms with Gasteiger partial charge in [-0.05, 0) is 62.5 Å². The van der Waals surface area contributed by atoms with Gasteiger partial charge < -0.3 is 29.8 Å². The van der Waals surface area contributed by atoms with Gasteiger partial charge in [-0.1, -0.05) is 18.2 Å². The van der Waals surface area contributed by atoms with Gasteiger partial charge in [0.2, 0.25) is 0 Å². The molecule has 0 aliphatic carbocycles. The first kappa shape index (κ1) is 20.0. The highest BCUT2D eigenvalue weighted by molar-refractivity contribution is 6.01. The Morgan fingerprint density at radius 3 is 2.77 bits per heavy atom. The Kier molecular flexibility index (Phi) is 5.57. The molecule has 0 spiro atoms. The number of aliphatic hydroxyl groups excluding tert-OH is 1. The van der Waals surface area contributed by atoms with Crippen LogP contribution in [0.2, 0.25) is 0 Å². The smallest absolute Gasteiger partial charge is 0.197 e. The van der Waals surface area contributed by atoms with Crippen molar-refractivity contribution in [2.75, 3.05) is 32.8 Å². The van der Waals surface area contributed by atoms with E-state index in [2.05, 4.69) is 27.0 Å². The van der Waals surface area contributed by atoms with E-state index in [1.165, 1.54) is 0 Å². The highest BCUT2D eigenvalue weighted by Gasteiger charge is 2.18. The number of piperidine rings is 1. The summed E-state index contributed by atoms with van der Waals surface area (Å²) in [7, 11) is 0. The number of nitrogens with zero attached hydrogens (tertiary/aromatic N) is 1. The molecule has 5 rings (SSSR count). The molecule has 6 nitrogen and oxygen atoms in total. The molecule has 4 N–H and O–H groups in total. The van der Waals surface area contributed by atoms with Crippen LogP contribution in [-0.2, 0) is 0 Å². The molecule has 1 fully saturated rings. The van der Waals surface area contributed by atoms with Crippen LogP contribution in [0, 0.1) is 5.92 Å². The topological polar surface area (TPSA) is 84.5 Å². The highest BCUT2D eigenvalue weighted by Crippen LogP contribution is 2.35. The van der Waals surface area contributed by atoms with Crippen molar-refractivity contribution in [1.29, 1.82) is 0 Å². The lowest BCUT2D eigenvalue weighted by Gasteiger charge is -2.30. The maximum atomic E-state index is 10.2. The molecule has 1 aliphatic rings. The highest BCUT2D eigenvalue weighted by atomic mass is 16.5. The molecule has 0 saturated carbocycles. The summed E-state index contributed by atoms with van der Waals surface area (Å²) in [4.78, 5) is 8.82. The van der Waals surface area contributed by atoms with Crippen LogP contribution in [0.4, 0.5) is 0 Å².